The lowest BCUT2D eigenvalue weighted by Crippen LogP contribution is -2.49. The Morgan fingerprint density at radius 1 is 1.14 bits per heavy atom. The predicted octanol–water partition coefficient (Wildman–Crippen LogP) is 4.85. The van der Waals surface area contributed by atoms with Crippen molar-refractivity contribution in [3.63, 3.8) is 0 Å². The van der Waals surface area contributed by atoms with E-state index >= 15 is 0 Å². The number of carbonyl (C=O) groups excluding carboxylic acids is 1. The van der Waals surface area contributed by atoms with Crippen molar-refractivity contribution in [1.29, 1.82) is 0 Å². The van der Waals surface area contributed by atoms with Crippen LogP contribution in [0.3, 0.4) is 0 Å². The zero-order valence-electron chi connectivity index (χ0n) is 16.5. The standard InChI is InChI=1S/C23H26N2O3S/c26-23(25-12-6-10-17-9-4-5-11-19(17)25)18-15-29-22(24-18)20-14-27-21(28-20)13-16-7-2-1-3-8-16/h1-3,7-8,14-15,17,19,21H,4-6,9-13H2. The summed E-state index contributed by atoms with van der Waals surface area (Å²) < 4.78 is 11.6. The molecule has 3 atom stereocenters. The van der Waals surface area contributed by atoms with Gasteiger partial charge in [0, 0.05) is 24.4 Å². The van der Waals surface area contributed by atoms with Gasteiger partial charge in [-0.25, -0.2) is 4.98 Å². The number of piperidine rings is 1. The number of hydrogen-bond donors (Lipinski definition) is 0. The van der Waals surface area contributed by atoms with Crippen molar-refractivity contribution in [3.8, 4) is 0 Å². The highest BCUT2D eigenvalue weighted by Crippen LogP contribution is 2.36. The minimum Gasteiger partial charge on any atom is -0.458 e. The zero-order valence-corrected chi connectivity index (χ0v) is 17.3. The molecule has 0 spiro atoms. The van der Waals surface area contributed by atoms with Gasteiger partial charge < -0.3 is 14.4 Å². The molecule has 1 aliphatic carbocycles. The molecule has 0 N–H and O–H groups in total. The second-order valence-electron chi connectivity index (χ2n) is 8.15. The number of hydrogen-bond acceptors (Lipinski definition) is 5. The molecule has 5 rings (SSSR count). The van der Waals surface area contributed by atoms with Gasteiger partial charge in [-0.15, -0.1) is 11.3 Å². The number of carbonyl (C=O) groups is 1. The van der Waals surface area contributed by atoms with E-state index in [9.17, 15) is 4.79 Å². The fourth-order valence-corrected chi connectivity index (χ4v) is 5.58. The maximum absolute atomic E-state index is 13.2. The number of amides is 1. The maximum Gasteiger partial charge on any atom is 0.273 e. The van der Waals surface area contributed by atoms with Gasteiger partial charge in [0.25, 0.3) is 5.91 Å². The number of fused-ring (bicyclic) bond motifs is 1. The van der Waals surface area contributed by atoms with Crippen LogP contribution in [0.5, 0.6) is 0 Å². The number of thiazole rings is 1. The summed E-state index contributed by atoms with van der Waals surface area (Å²) in [6, 6.07) is 10.5. The maximum atomic E-state index is 13.2. The quantitative estimate of drug-likeness (QED) is 0.723. The topological polar surface area (TPSA) is 51.7 Å². The number of nitrogens with zero attached hydrogens (tertiary/aromatic N) is 2. The van der Waals surface area contributed by atoms with E-state index in [-0.39, 0.29) is 12.2 Å². The molecule has 2 aromatic rings. The molecule has 1 saturated heterocycles. The number of rotatable bonds is 4. The minimum atomic E-state index is -0.347. The van der Waals surface area contributed by atoms with Crippen molar-refractivity contribution in [2.75, 3.05) is 6.54 Å². The molecule has 1 aromatic heterocycles. The molecule has 2 fully saturated rings. The summed E-state index contributed by atoms with van der Waals surface area (Å²) in [4.78, 5) is 19.9. The first-order valence-electron chi connectivity index (χ1n) is 10.6. The molecule has 2 aliphatic heterocycles. The molecule has 3 aliphatic rings. The monoisotopic (exact) mass is 410 g/mol. The van der Waals surface area contributed by atoms with Crippen molar-refractivity contribution < 1.29 is 14.3 Å². The Balaban J connectivity index is 1.24. The van der Waals surface area contributed by atoms with Crippen LogP contribution in [0, 0.1) is 5.92 Å². The van der Waals surface area contributed by atoms with E-state index in [2.05, 4.69) is 22.0 Å². The highest BCUT2D eigenvalue weighted by Gasteiger charge is 2.37. The number of ether oxygens (including phenoxy) is 2. The molecular formula is C23H26N2O3S. The van der Waals surface area contributed by atoms with Crippen LogP contribution < -0.4 is 0 Å². The summed E-state index contributed by atoms with van der Waals surface area (Å²) >= 11 is 1.44. The van der Waals surface area contributed by atoms with Crippen LogP contribution in [-0.2, 0) is 15.9 Å². The normalized spacial score (nSPS) is 26.3. The predicted molar refractivity (Wildman–Crippen MR) is 112 cm³/mol. The molecule has 6 heteroatoms. The van der Waals surface area contributed by atoms with E-state index < -0.39 is 0 Å². The molecule has 1 aromatic carbocycles. The van der Waals surface area contributed by atoms with Gasteiger partial charge >= 0.3 is 0 Å². The second kappa shape index (κ2) is 8.19. The van der Waals surface area contributed by atoms with Gasteiger partial charge in [0.1, 0.15) is 12.0 Å². The Morgan fingerprint density at radius 2 is 1.97 bits per heavy atom. The Hall–Kier alpha value is -2.34. The molecule has 1 amide bonds. The van der Waals surface area contributed by atoms with Gasteiger partial charge in [0.15, 0.2) is 10.8 Å². The van der Waals surface area contributed by atoms with Crippen LogP contribution in [0.15, 0.2) is 42.0 Å². The SMILES string of the molecule is O=C(c1csc(C2=COC(Cc3ccccc3)O2)n1)N1CCCC2CCCCC21. The van der Waals surface area contributed by atoms with Gasteiger partial charge in [-0.3, -0.25) is 4.79 Å². The van der Waals surface area contributed by atoms with E-state index in [0.29, 0.717) is 34.8 Å². The fourth-order valence-electron chi connectivity index (χ4n) is 4.84. The molecule has 3 heterocycles. The lowest BCUT2D eigenvalue weighted by Gasteiger charge is -2.43. The molecule has 5 nitrogen and oxygen atoms in total. The van der Waals surface area contributed by atoms with Crippen LogP contribution in [0.25, 0.3) is 5.76 Å². The summed E-state index contributed by atoms with van der Waals surface area (Å²) in [5.41, 5.74) is 1.70. The molecule has 29 heavy (non-hydrogen) atoms. The summed E-state index contributed by atoms with van der Waals surface area (Å²) in [7, 11) is 0. The van der Waals surface area contributed by atoms with Gasteiger partial charge in [0.05, 0.1) is 0 Å². The lowest BCUT2D eigenvalue weighted by molar-refractivity contribution is -0.0136. The summed E-state index contributed by atoms with van der Waals surface area (Å²) in [5, 5.41) is 2.57. The van der Waals surface area contributed by atoms with Crippen LogP contribution in [0.1, 0.15) is 59.6 Å². The lowest BCUT2D eigenvalue weighted by atomic mass is 9.78. The second-order valence-corrected chi connectivity index (χ2v) is 9.00. The van der Waals surface area contributed by atoms with Crippen LogP contribution in [-0.4, -0.2) is 34.7 Å². The third-order valence-electron chi connectivity index (χ3n) is 6.27. The van der Waals surface area contributed by atoms with Gasteiger partial charge in [-0.05, 0) is 37.2 Å². The fraction of sp³-hybridized carbons (Fsp3) is 0.478. The smallest absolute Gasteiger partial charge is 0.273 e. The Labute approximate surface area is 175 Å². The van der Waals surface area contributed by atoms with Crippen molar-refractivity contribution in [2.24, 2.45) is 5.92 Å². The largest absolute Gasteiger partial charge is 0.458 e. The average molecular weight is 411 g/mol. The minimum absolute atomic E-state index is 0.0736. The van der Waals surface area contributed by atoms with Crippen molar-refractivity contribution in [3.05, 3.63) is 58.2 Å². The Morgan fingerprint density at radius 3 is 2.86 bits per heavy atom. The third kappa shape index (κ3) is 3.90. The highest BCUT2D eigenvalue weighted by atomic mass is 32.1. The van der Waals surface area contributed by atoms with Crippen LogP contribution >= 0.6 is 11.3 Å². The first-order valence-corrected chi connectivity index (χ1v) is 11.5. The highest BCUT2D eigenvalue weighted by molar-refractivity contribution is 7.10. The molecule has 0 bridgehead atoms. The summed E-state index contributed by atoms with van der Waals surface area (Å²) in [6.07, 6.45) is 9.25. The average Bonchev–Trinajstić information content (AvgIpc) is 3.43. The molecule has 152 valence electrons. The summed E-state index contributed by atoms with van der Waals surface area (Å²) in [5.74, 6) is 1.36. The van der Waals surface area contributed by atoms with Crippen LogP contribution in [0.4, 0.5) is 0 Å². The van der Waals surface area contributed by atoms with E-state index in [1.807, 2.05) is 23.6 Å². The Bertz CT molecular complexity index is 893. The summed E-state index contributed by atoms with van der Waals surface area (Å²) in [6.45, 7) is 0.855. The third-order valence-corrected chi connectivity index (χ3v) is 7.13. The molecular weight excluding hydrogens is 384 g/mol. The van der Waals surface area contributed by atoms with Gasteiger partial charge in [0.2, 0.25) is 6.29 Å². The number of likely N-dealkylation sites (tertiary alicyclic amines) is 1. The number of aromatic nitrogens is 1. The van der Waals surface area contributed by atoms with Crippen LogP contribution in [0.2, 0.25) is 0 Å². The Kier molecular flexibility index (Phi) is 5.27. The first-order chi connectivity index (χ1) is 14.3. The first kappa shape index (κ1) is 18.7. The molecule has 0 radical (unpaired) electrons. The van der Waals surface area contributed by atoms with Gasteiger partial charge in [-0.1, -0.05) is 43.2 Å². The van der Waals surface area contributed by atoms with E-state index in [0.717, 1.165) is 24.9 Å². The molecule has 1 saturated carbocycles. The van der Waals surface area contributed by atoms with E-state index in [4.69, 9.17) is 9.47 Å². The van der Waals surface area contributed by atoms with Crippen molar-refractivity contribution in [1.82, 2.24) is 9.88 Å². The van der Waals surface area contributed by atoms with Crippen molar-refractivity contribution in [2.45, 2.75) is 57.3 Å². The van der Waals surface area contributed by atoms with E-state index in [1.54, 1.807) is 6.26 Å². The zero-order chi connectivity index (χ0) is 19.6. The number of benzene rings is 1. The van der Waals surface area contributed by atoms with E-state index in [1.165, 1.54) is 37.0 Å². The molecule has 3 unspecified atom stereocenters. The van der Waals surface area contributed by atoms with Gasteiger partial charge in [-0.2, -0.15) is 0 Å². The van der Waals surface area contributed by atoms with Crippen molar-refractivity contribution >= 4 is 23.0 Å².